The molecule has 0 atom stereocenters. The lowest BCUT2D eigenvalue weighted by Gasteiger charge is -2.42. The number of hydrogen-bond donors (Lipinski definition) is 3. The van der Waals surface area contributed by atoms with Crippen LogP contribution >= 0.6 is 0 Å². The standard InChI is InChI=1S/C23H25F3N6O2.C2HF3O2/c1-34-20-10-18-14(13-32(30-18)15-5-7-31(8-6-15)16-11-27-12-16)9-19(20)29-22(33)17-3-2-4-21(28-17)23(24,25)26;3-2(4,5)1(6)7/h2-4,9-10,13,15-16,27H,5-8,11-12H2,1H3,(H,29,33);(H,6,7). The van der Waals surface area contributed by atoms with Gasteiger partial charge in [0.15, 0.2) is 0 Å². The molecular weight excluding hydrogens is 562 g/mol. The molecule has 16 heteroatoms. The lowest BCUT2D eigenvalue weighted by atomic mass is 10.0. The van der Waals surface area contributed by atoms with E-state index in [-0.39, 0.29) is 11.7 Å². The Labute approximate surface area is 229 Å². The minimum Gasteiger partial charge on any atom is -0.494 e. The summed E-state index contributed by atoms with van der Waals surface area (Å²) in [7, 11) is 1.46. The van der Waals surface area contributed by atoms with Gasteiger partial charge in [-0.15, -0.1) is 0 Å². The molecule has 0 aliphatic carbocycles. The molecular formula is C25H26F6N6O4. The van der Waals surface area contributed by atoms with Gasteiger partial charge in [-0.2, -0.15) is 31.4 Å². The van der Waals surface area contributed by atoms with Crippen molar-refractivity contribution in [1.82, 2.24) is 25.0 Å². The molecule has 2 aliphatic heterocycles. The van der Waals surface area contributed by atoms with Gasteiger partial charge in [0.2, 0.25) is 0 Å². The molecule has 0 spiro atoms. The number of carboxylic acids is 1. The number of benzene rings is 1. The van der Waals surface area contributed by atoms with Crippen molar-refractivity contribution in [1.29, 1.82) is 0 Å². The first kappa shape index (κ1) is 30.0. The number of methoxy groups -OCH3 is 1. The Hall–Kier alpha value is -3.92. The third-order valence-electron chi connectivity index (χ3n) is 6.76. The van der Waals surface area contributed by atoms with E-state index < -0.39 is 29.9 Å². The number of aliphatic carboxylic acids is 1. The molecule has 0 unspecified atom stereocenters. The van der Waals surface area contributed by atoms with Crippen molar-refractivity contribution in [2.75, 3.05) is 38.6 Å². The SMILES string of the molecule is COc1cc2nn(C3CCN(C4CNC4)CC3)cc2cc1NC(=O)c1cccc(C(F)(F)F)n1.O=C(O)C(F)(F)F. The number of aromatic nitrogens is 3. The molecule has 1 amide bonds. The quantitative estimate of drug-likeness (QED) is 0.383. The third kappa shape index (κ3) is 7.24. The number of ether oxygens (including phenoxy) is 1. The number of halogens is 6. The van der Waals surface area contributed by atoms with Crippen LogP contribution in [0.15, 0.2) is 36.5 Å². The summed E-state index contributed by atoms with van der Waals surface area (Å²) in [6.45, 7) is 4.17. The molecule has 2 fully saturated rings. The molecule has 0 saturated carbocycles. The van der Waals surface area contributed by atoms with E-state index in [0.29, 0.717) is 17.5 Å². The average molecular weight is 589 g/mol. The van der Waals surface area contributed by atoms with Gasteiger partial charge in [-0.05, 0) is 31.0 Å². The number of carbonyl (C=O) groups excluding carboxylic acids is 1. The van der Waals surface area contributed by atoms with Gasteiger partial charge < -0.3 is 20.5 Å². The van der Waals surface area contributed by atoms with Gasteiger partial charge in [0.25, 0.3) is 5.91 Å². The zero-order valence-electron chi connectivity index (χ0n) is 21.6. The van der Waals surface area contributed by atoms with Gasteiger partial charge in [0.1, 0.15) is 17.1 Å². The molecule has 4 heterocycles. The number of alkyl halides is 6. The number of anilines is 1. The normalized spacial score (nSPS) is 17.0. The number of hydrogen-bond acceptors (Lipinski definition) is 7. The van der Waals surface area contributed by atoms with Crippen molar-refractivity contribution in [3.8, 4) is 5.75 Å². The lowest BCUT2D eigenvalue weighted by Crippen LogP contribution is -2.58. The topological polar surface area (TPSA) is 122 Å². The summed E-state index contributed by atoms with van der Waals surface area (Å²) in [5.74, 6) is -3.15. The molecule has 222 valence electrons. The van der Waals surface area contributed by atoms with Crippen LogP contribution in [0.4, 0.5) is 32.0 Å². The van der Waals surface area contributed by atoms with Crippen LogP contribution in [-0.2, 0) is 11.0 Å². The number of likely N-dealkylation sites (tertiary alicyclic amines) is 1. The molecule has 2 aromatic heterocycles. The van der Waals surface area contributed by atoms with Crippen LogP contribution < -0.4 is 15.4 Å². The molecule has 41 heavy (non-hydrogen) atoms. The maximum Gasteiger partial charge on any atom is 0.490 e. The number of nitrogens with zero attached hydrogens (tertiary/aromatic N) is 4. The summed E-state index contributed by atoms with van der Waals surface area (Å²) in [6.07, 6.45) is -5.76. The summed E-state index contributed by atoms with van der Waals surface area (Å²) < 4.78 is 78.0. The summed E-state index contributed by atoms with van der Waals surface area (Å²) in [4.78, 5) is 27.5. The number of carboxylic acid groups (broad SMARTS) is 1. The van der Waals surface area contributed by atoms with Gasteiger partial charge in [0, 0.05) is 49.9 Å². The number of rotatable bonds is 5. The van der Waals surface area contributed by atoms with E-state index in [2.05, 4.69) is 20.5 Å². The Bertz CT molecular complexity index is 1400. The summed E-state index contributed by atoms with van der Waals surface area (Å²) in [6, 6.07) is 7.58. The maximum atomic E-state index is 13.0. The fraction of sp³-hybridized carbons (Fsp3) is 0.440. The monoisotopic (exact) mass is 588 g/mol. The molecule has 2 saturated heterocycles. The molecule has 0 radical (unpaired) electrons. The Morgan fingerprint density at radius 1 is 1.07 bits per heavy atom. The van der Waals surface area contributed by atoms with Crippen LogP contribution in [0.25, 0.3) is 10.9 Å². The fourth-order valence-corrected chi connectivity index (χ4v) is 4.48. The van der Waals surface area contributed by atoms with E-state index in [4.69, 9.17) is 19.7 Å². The van der Waals surface area contributed by atoms with Crippen LogP contribution in [0.3, 0.4) is 0 Å². The smallest absolute Gasteiger partial charge is 0.490 e. The minimum atomic E-state index is -5.08. The maximum absolute atomic E-state index is 13.0. The van der Waals surface area contributed by atoms with E-state index in [9.17, 15) is 31.1 Å². The van der Waals surface area contributed by atoms with Crippen molar-refractivity contribution < 1.29 is 45.8 Å². The lowest BCUT2D eigenvalue weighted by molar-refractivity contribution is -0.192. The van der Waals surface area contributed by atoms with E-state index in [1.807, 2.05) is 10.9 Å². The molecule has 1 aromatic carbocycles. The molecule has 3 aromatic rings. The summed E-state index contributed by atoms with van der Waals surface area (Å²) in [5.41, 5.74) is -0.395. The predicted octanol–water partition coefficient (Wildman–Crippen LogP) is 3.95. The Morgan fingerprint density at radius 3 is 2.27 bits per heavy atom. The van der Waals surface area contributed by atoms with Crippen LogP contribution in [0.2, 0.25) is 0 Å². The minimum absolute atomic E-state index is 0.287. The molecule has 10 nitrogen and oxygen atoms in total. The molecule has 3 N–H and O–H groups in total. The van der Waals surface area contributed by atoms with Crippen LogP contribution in [-0.4, -0.2) is 82.2 Å². The Morgan fingerprint density at radius 2 is 1.73 bits per heavy atom. The highest BCUT2D eigenvalue weighted by Crippen LogP contribution is 2.33. The number of amides is 1. The van der Waals surface area contributed by atoms with Crippen molar-refractivity contribution >= 4 is 28.5 Å². The van der Waals surface area contributed by atoms with Gasteiger partial charge in [-0.1, -0.05) is 6.07 Å². The number of piperidine rings is 1. The van der Waals surface area contributed by atoms with Gasteiger partial charge in [0.05, 0.1) is 24.4 Å². The van der Waals surface area contributed by atoms with Crippen LogP contribution in [0, 0.1) is 0 Å². The zero-order chi connectivity index (χ0) is 29.9. The first-order valence-corrected chi connectivity index (χ1v) is 12.4. The predicted molar refractivity (Wildman–Crippen MR) is 134 cm³/mol. The number of pyridine rings is 1. The highest BCUT2D eigenvalue weighted by atomic mass is 19.4. The largest absolute Gasteiger partial charge is 0.494 e. The number of carbonyl (C=O) groups is 2. The number of nitrogens with one attached hydrogen (secondary N) is 2. The Balaban J connectivity index is 0.000000493. The summed E-state index contributed by atoms with van der Waals surface area (Å²) >= 11 is 0. The van der Waals surface area contributed by atoms with E-state index in [1.54, 1.807) is 12.1 Å². The second-order valence-electron chi connectivity index (χ2n) is 9.46. The van der Waals surface area contributed by atoms with Crippen molar-refractivity contribution in [2.24, 2.45) is 0 Å². The van der Waals surface area contributed by atoms with E-state index in [1.165, 1.54) is 13.2 Å². The second kappa shape index (κ2) is 11.9. The van der Waals surface area contributed by atoms with Crippen molar-refractivity contribution in [3.63, 3.8) is 0 Å². The molecule has 0 bridgehead atoms. The van der Waals surface area contributed by atoms with Gasteiger partial charge in [-0.3, -0.25) is 14.4 Å². The van der Waals surface area contributed by atoms with E-state index >= 15 is 0 Å². The highest BCUT2D eigenvalue weighted by molar-refractivity contribution is 6.05. The van der Waals surface area contributed by atoms with Crippen LogP contribution in [0.5, 0.6) is 5.75 Å². The highest BCUT2D eigenvalue weighted by Gasteiger charge is 2.38. The van der Waals surface area contributed by atoms with E-state index in [0.717, 1.165) is 62.1 Å². The first-order valence-electron chi connectivity index (χ1n) is 12.4. The second-order valence-corrected chi connectivity index (χ2v) is 9.46. The average Bonchev–Trinajstić information content (AvgIpc) is 3.30. The zero-order valence-corrected chi connectivity index (χ0v) is 21.6. The van der Waals surface area contributed by atoms with Crippen molar-refractivity contribution in [2.45, 2.75) is 37.3 Å². The summed E-state index contributed by atoms with van der Waals surface area (Å²) in [5, 5.41) is 18.6. The third-order valence-corrected chi connectivity index (χ3v) is 6.76. The van der Waals surface area contributed by atoms with Crippen LogP contribution in [0.1, 0.15) is 35.1 Å². The fourth-order valence-electron chi connectivity index (χ4n) is 4.48. The Kier molecular flexibility index (Phi) is 8.72. The van der Waals surface area contributed by atoms with Gasteiger partial charge >= 0.3 is 18.3 Å². The number of fused-ring (bicyclic) bond motifs is 1. The van der Waals surface area contributed by atoms with Crippen molar-refractivity contribution in [3.05, 3.63) is 47.9 Å². The molecule has 5 rings (SSSR count). The molecule has 2 aliphatic rings. The first-order chi connectivity index (χ1) is 19.3. The van der Waals surface area contributed by atoms with Gasteiger partial charge in [-0.25, -0.2) is 9.78 Å².